The summed E-state index contributed by atoms with van der Waals surface area (Å²) >= 11 is 1.90. The summed E-state index contributed by atoms with van der Waals surface area (Å²) in [6, 6.07) is 4.83. The van der Waals surface area contributed by atoms with Crippen molar-refractivity contribution in [2.45, 2.75) is 45.4 Å². The number of morpholine rings is 1. The van der Waals surface area contributed by atoms with Crippen LogP contribution in [0.4, 0.5) is 0 Å². The fourth-order valence-electron chi connectivity index (χ4n) is 2.68. The molecule has 3 unspecified atom stereocenters. The van der Waals surface area contributed by atoms with Crippen LogP contribution in [0.5, 0.6) is 0 Å². The monoisotopic (exact) mass is 268 g/mol. The molecule has 0 spiro atoms. The molecular weight excluding hydrogens is 244 g/mol. The smallest absolute Gasteiger partial charge is 0.0678 e. The maximum absolute atomic E-state index is 6.00. The molecule has 0 radical (unpaired) electrons. The lowest BCUT2D eigenvalue weighted by Gasteiger charge is -2.39. The van der Waals surface area contributed by atoms with Crippen LogP contribution in [0.1, 0.15) is 36.6 Å². The van der Waals surface area contributed by atoms with Gasteiger partial charge in [-0.05, 0) is 32.4 Å². The first-order valence-electron chi connectivity index (χ1n) is 6.82. The Labute approximate surface area is 114 Å². The Morgan fingerprint density at radius 1 is 1.39 bits per heavy atom. The summed E-state index contributed by atoms with van der Waals surface area (Å²) < 4.78 is 5.79. The van der Waals surface area contributed by atoms with Crippen LogP contribution in [0.2, 0.25) is 0 Å². The van der Waals surface area contributed by atoms with E-state index in [1.54, 1.807) is 0 Å². The van der Waals surface area contributed by atoms with Crippen molar-refractivity contribution in [1.82, 2.24) is 4.90 Å². The molecule has 0 bridgehead atoms. The third-order valence-electron chi connectivity index (χ3n) is 3.47. The Bertz CT molecular complexity index is 370. The fourth-order valence-corrected chi connectivity index (χ4v) is 3.78. The van der Waals surface area contributed by atoms with Gasteiger partial charge in [0.05, 0.1) is 18.2 Å². The van der Waals surface area contributed by atoms with E-state index in [4.69, 9.17) is 10.5 Å². The molecule has 1 aromatic rings. The Morgan fingerprint density at radius 2 is 2.06 bits per heavy atom. The van der Waals surface area contributed by atoms with Gasteiger partial charge in [-0.3, -0.25) is 4.90 Å². The summed E-state index contributed by atoms with van der Waals surface area (Å²) in [5.74, 6) is 0. The molecule has 18 heavy (non-hydrogen) atoms. The van der Waals surface area contributed by atoms with Gasteiger partial charge < -0.3 is 10.5 Å². The number of hydrogen-bond donors (Lipinski definition) is 1. The van der Waals surface area contributed by atoms with E-state index in [0.717, 1.165) is 19.5 Å². The van der Waals surface area contributed by atoms with Crippen LogP contribution in [-0.4, -0.2) is 36.7 Å². The summed E-state index contributed by atoms with van der Waals surface area (Å²) in [4.78, 5) is 5.32. The van der Waals surface area contributed by atoms with Crippen molar-refractivity contribution in [2.75, 3.05) is 19.6 Å². The summed E-state index contributed by atoms with van der Waals surface area (Å²) in [5, 5.41) is 0. The second kappa shape index (κ2) is 6.15. The molecule has 0 aromatic carbocycles. The third-order valence-corrected chi connectivity index (χ3v) is 4.80. The van der Waals surface area contributed by atoms with Crippen LogP contribution in [0.15, 0.2) is 12.1 Å². The van der Waals surface area contributed by atoms with E-state index >= 15 is 0 Å². The molecule has 0 amide bonds. The SMILES string of the molecule is CCc1ccc(C(CN)N2CC(C)OC(C)C2)s1. The van der Waals surface area contributed by atoms with Gasteiger partial charge in [0, 0.05) is 29.4 Å². The molecule has 1 fully saturated rings. The quantitative estimate of drug-likeness (QED) is 0.911. The normalized spacial score (nSPS) is 27.3. The summed E-state index contributed by atoms with van der Waals surface area (Å²) in [6.45, 7) is 9.12. The maximum Gasteiger partial charge on any atom is 0.0678 e. The molecule has 0 saturated carbocycles. The van der Waals surface area contributed by atoms with E-state index in [0.29, 0.717) is 24.8 Å². The second-order valence-electron chi connectivity index (χ2n) is 5.12. The zero-order chi connectivity index (χ0) is 13.1. The predicted octanol–water partition coefficient (Wildman–Crippen LogP) is 2.42. The minimum Gasteiger partial charge on any atom is -0.373 e. The molecule has 2 heterocycles. The highest BCUT2D eigenvalue weighted by atomic mass is 32.1. The zero-order valence-electron chi connectivity index (χ0n) is 11.6. The average molecular weight is 268 g/mol. The molecule has 2 N–H and O–H groups in total. The van der Waals surface area contributed by atoms with Crippen molar-refractivity contribution in [3.8, 4) is 0 Å². The maximum atomic E-state index is 6.00. The number of ether oxygens (including phenoxy) is 1. The minimum absolute atomic E-state index is 0.299. The van der Waals surface area contributed by atoms with Crippen molar-refractivity contribution in [2.24, 2.45) is 5.73 Å². The van der Waals surface area contributed by atoms with Crippen molar-refractivity contribution >= 4 is 11.3 Å². The van der Waals surface area contributed by atoms with Crippen LogP contribution in [0.3, 0.4) is 0 Å². The van der Waals surface area contributed by atoms with Crippen LogP contribution in [0, 0.1) is 0 Å². The van der Waals surface area contributed by atoms with Crippen LogP contribution in [0.25, 0.3) is 0 Å². The number of thiophene rings is 1. The first kappa shape index (κ1) is 14.0. The summed E-state index contributed by atoms with van der Waals surface area (Å²) in [6.07, 6.45) is 1.71. The highest BCUT2D eigenvalue weighted by Gasteiger charge is 2.28. The number of aryl methyl sites for hydroxylation is 1. The van der Waals surface area contributed by atoms with Crippen molar-refractivity contribution in [3.05, 3.63) is 21.9 Å². The standard InChI is InChI=1S/C14H24N2OS/c1-4-12-5-6-14(18-12)13(7-15)16-8-10(2)17-11(3)9-16/h5-6,10-11,13H,4,7-9,15H2,1-3H3. The van der Waals surface area contributed by atoms with Gasteiger partial charge in [-0.15, -0.1) is 11.3 Å². The first-order valence-corrected chi connectivity index (χ1v) is 7.63. The molecule has 0 aliphatic carbocycles. The van der Waals surface area contributed by atoms with Crippen molar-refractivity contribution < 1.29 is 4.74 Å². The second-order valence-corrected chi connectivity index (χ2v) is 6.32. The molecular formula is C14H24N2OS. The Hall–Kier alpha value is -0.420. The number of hydrogen-bond acceptors (Lipinski definition) is 4. The van der Waals surface area contributed by atoms with Gasteiger partial charge in [0.1, 0.15) is 0 Å². The molecule has 4 heteroatoms. The van der Waals surface area contributed by atoms with Gasteiger partial charge in [-0.2, -0.15) is 0 Å². The van der Waals surface area contributed by atoms with E-state index in [9.17, 15) is 0 Å². The van der Waals surface area contributed by atoms with E-state index in [1.165, 1.54) is 9.75 Å². The highest BCUT2D eigenvalue weighted by molar-refractivity contribution is 7.12. The van der Waals surface area contributed by atoms with E-state index in [2.05, 4.69) is 37.8 Å². The van der Waals surface area contributed by atoms with Crippen molar-refractivity contribution in [1.29, 1.82) is 0 Å². The molecule has 1 saturated heterocycles. The lowest BCUT2D eigenvalue weighted by Crippen LogP contribution is -2.48. The Kier molecular flexibility index (Phi) is 4.78. The lowest BCUT2D eigenvalue weighted by atomic mass is 10.1. The van der Waals surface area contributed by atoms with Crippen molar-refractivity contribution in [3.63, 3.8) is 0 Å². The predicted molar refractivity (Wildman–Crippen MR) is 77.1 cm³/mol. The summed E-state index contributed by atoms with van der Waals surface area (Å²) in [7, 11) is 0. The Morgan fingerprint density at radius 3 is 2.56 bits per heavy atom. The van der Waals surface area contributed by atoms with Gasteiger partial charge >= 0.3 is 0 Å². The topological polar surface area (TPSA) is 38.5 Å². The zero-order valence-corrected chi connectivity index (χ0v) is 12.4. The molecule has 2 rings (SSSR count). The van der Waals surface area contributed by atoms with E-state index in [-0.39, 0.29) is 0 Å². The van der Waals surface area contributed by atoms with E-state index in [1.807, 2.05) is 11.3 Å². The van der Waals surface area contributed by atoms with Gasteiger partial charge in [-0.25, -0.2) is 0 Å². The van der Waals surface area contributed by atoms with Gasteiger partial charge in [0.15, 0.2) is 0 Å². The molecule has 1 aliphatic heterocycles. The van der Waals surface area contributed by atoms with Crippen LogP contribution in [-0.2, 0) is 11.2 Å². The van der Waals surface area contributed by atoms with Gasteiger partial charge in [-0.1, -0.05) is 6.92 Å². The molecule has 3 atom stereocenters. The average Bonchev–Trinajstić information content (AvgIpc) is 2.77. The van der Waals surface area contributed by atoms with Gasteiger partial charge in [0.2, 0.25) is 0 Å². The number of rotatable bonds is 4. The molecule has 1 aromatic heterocycles. The van der Waals surface area contributed by atoms with Crippen LogP contribution >= 0.6 is 11.3 Å². The highest BCUT2D eigenvalue weighted by Crippen LogP contribution is 2.29. The Balaban J connectivity index is 2.12. The first-order chi connectivity index (χ1) is 8.63. The number of nitrogens with zero attached hydrogens (tertiary/aromatic N) is 1. The minimum atomic E-state index is 0.299. The number of nitrogens with two attached hydrogens (primary N) is 1. The van der Waals surface area contributed by atoms with E-state index < -0.39 is 0 Å². The fraction of sp³-hybridized carbons (Fsp3) is 0.714. The largest absolute Gasteiger partial charge is 0.373 e. The van der Waals surface area contributed by atoms with Gasteiger partial charge in [0.25, 0.3) is 0 Å². The lowest BCUT2D eigenvalue weighted by molar-refractivity contribution is -0.0795. The van der Waals surface area contributed by atoms with Crippen LogP contribution < -0.4 is 5.73 Å². The molecule has 3 nitrogen and oxygen atoms in total. The molecule has 1 aliphatic rings. The summed E-state index contributed by atoms with van der Waals surface area (Å²) in [5.41, 5.74) is 6.00. The third kappa shape index (κ3) is 3.12. The molecule has 102 valence electrons.